The molecule has 1 aliphatic heterocycles. The summed E-state index contributed by atoms with van der Waals surface area (Å²) >= 11 is 0. The maximum atomic E-state index is 12.6. The molecular formula is C20H25N3O. The Bertz CT molecular complexity index is 706. The van der Waals surface area contributed by atoms with Crippen molar-refractivity contribution in [1.82, 2.24) is 9.88 Å². The van der Waals surface area contributed by atoms with Gasteiger partial charge in [0.2, 0.25) is 0 Å². The van der Waals surface area contributed by atoms with Gasteiger partial charge in [-0.2, -0.15) is 0 Å². The van der Waals surface area contributed by atoms with Crippen molar-refractivity contribution >= 4 is 11.6 Å². The number of carbonyl (C=O) groups excluding carboxylic acids is 1. The van der Waals surface area contributed by atoms with E-state index in [2.05, 4.69) is 48.4 Å². The minimum atomic E-state index is 0.0913. The van der Waals surface area contributed by atoms with E-state index >= 15 is 0 Å². The fourth-order valence-corrected chi connectivity index (χ4v) is 3.07. The molecule has 1 saturated heterocycles. The largest absolute Gasteiger partial charge is 0.380 e. The number of nitrogens with zero attached hydrogens (tertiary/aromatic N) is 2. The van der Waals surface area contributed by atoms with E-state index in [-0.39, 0.29) is 5.91 Å². The lowest BCUT2D eigenvalue weighted by molar-refractivity contribution is 0.0697. The van der Waals surface area contributed by atoms with Crippen molar-refractivity contribution in [3.8, 4) is 0 Å². The molecule has 0 spiro atoms. The summed E-state index contributed by atoms with van der Waals surface area (Å²) in [5.41, 5.74) is 4.01. The summed E-state index contributed by atoms with van der Waals surface area (Å²) in [5, 5.41) is 3.36. The maximum absolute atomic E-state index is 12.6. The molecule has 2 heterocycles. The lowest BCUT2D eigenvalue weighted by Crippen LogP contribution is -2.37. The molecule has 0 bridgehead atoms. The van der Waals surface area contributed by atoms with E-state index in [1.165, 1.54) is 11.1 Å². The maximum Gasteiger partial charge on any atom is 0.255 e. The Morgan fingerprint density at radius 3 is 2.79 bits per heavy atom. The van der Waals surface area contributed by atoms with Crippen LogP contribution < -0.4 is 5.32 Å². The molecule has 2 aromatic rings. The lowest BCUT2D eigenvalue weighted by atomic mass is 9.99. The quantitative estimate of drug-likeness (QED) is 0.929. The van der Waals surface area contributed by atoms with E-state index in [1.807, 2.05) is 11.0 Å². The highest BCUT2D eigenvalue weighted by molar-refractivity contribution is 5.94. The van der Waals surface area contributed by atoms with Crippen molar-refractivity contribution in [2.45, 2.75) is 33.2 Å². The van der Waals surface area contributed by atoms with Crippen LogP contribution in [-0.4, -0.2) is 28.9 Å². The third-order valence-corrected chi connectivity index (χ3v) is 4.64. The van der Waals surface area contributed by atoms with Gasteiger partial charge >= 0.3 is 0 Å². The Hall–Kier alpha value is -2.36. The third kappa shape index (κ3) is 4.13. The zero-order valence-corrected chi connectivity index (χ0v) is 14.5. The van der Waals surface area contributed by atoms with Crippen LogP contribution >= 0.6 is 0 Å². The topological polar surface area (TPSA) is 45.2 Å². The standard InChI is InChI=1S/C20H25N3O/c1-15-6-8-23(9-7-15)20(24)18-11-19(14-21-13-18)22-12-17-5-3-4-16(2)10-17/h3-5,10-11,13-15,22H,6-9,12H2,1-2H3. The molecule has 1 aromatic heterocycles. The monoisotopic (exact) mass is 323 g/mol. The zero-order valence-electron chi connectivity index (χ0n) is 14.5. The number of carbonyl (C=O) groups is 1. The molecule has 0 unspecified atom stereocenters. The molecule has 1 N–H and O–H groups in total. The van der Waals surface area contributed by atoms with E-state index in [1.54, 1.807) is 12.4 Å². The fraction of sp³-hybridized carbons (Fsp3) is 0.400. The Kier molecular flexibility index (Phi) is 5.14. The van der Waals surface area contributed by atoms with E-state index in [9.17, 15) is 4.79 Å². The third-order valence-electron chi connectivity index (χ3n) is 4.64. The number of amides is 1. The number of aromatic nitrogens is 1. The Morgan fingerprint density at radius 1 is 1.25 bits per heavy atom. The normalized spacial score (nSPS) is 15.3. The van der Waals surface area contributed by atoms with Gasteiger partial charge in [0.15, 0.2) is 0 Å². The number of piperidine rings is 1. The van der Waals surface area contributed by atoms with Gasteiger partial charge in [0.25, 0.3) is 5.91 Å². The SMILES string of the molecule is Cc1cccc(CNc2cncc(C(=O)N3CCC(C)CC3)c2)c1. The number of likely N-dealkylation sites (tertiary alicyclic amines) is 1. The molecule has 1 fully saturated rings. The predicted octanol–water partition coefficient (Wildman–Crippen LogP) is 3.87. The number of aryl methyl sites for hydroxylation is 1. The van der Waals surface area contributed by atoms with Gasteiger partial charge < -0.3 is 10.2 Å². The highest BCUT2D eigenvalue weighted by atomic mass is 16.2. The molecule has 3 rings (SSSR count). The number of nitrogens with one attached hydrogen (secondary N) is 1. The molecule has 1 aromatic carbocycles. The molecule has 1 amide bonds. The smallest absolute Gasteiger partial charge is 0.255 e. The van der Waals surface area contributed by atoms with Crippen LogP contribution in [0.1, 0.15) is 41.3 Å². The van der Waals surface area contributed by atoms with Crippen LogP contribution in [0.5, 0.6) is 0 Å². The highest BCUT2D eigenvalue weighted by Crippen LogP contribution is 2.19. The number of hydrogen-bond acceptors (Lipinski definition) is 3. The number of rotatable bonds is 4. The second kappa shape index (κ2) is 7.47. The first kappa shape index (κ1) is 16.5. The van der Waals surface area contributed by atoms with Crippen molar-refractivity contribution < 1.29 is 4.79 Å². The second-order valence-corrected chi connectivity index (χ2v) is 6.78. The molecule has 24 heavy (non-hydrogen) atoms. The van der Waals surface area contributed by atoms with Crippen LogP contribution in [0.3, 0.4) is 0 Å². The minimum Gasteiger partial charge on any atom is -0.380 e. The Morgan fingerprint density at radius 2 is 2.04 bits per heavy atom. The first-order valence-electron chi connectivity index (χ1n) is 8.65. The summed E-state index contributed by atoms with van der Waals surface area (Å²) in [6.45, 7) is 6.76. The summed E-state index contributed by atoms with van der Waals surface area (Å²) in [4.78, 5) is 18.8. The fourth-order valence-electron chi connectivity index (χ4n) is 3.07. The molecule has 0 radical (unpaired) electrons. The van der Waals surface area contributed by atoms with Crippen molar-refractivity contribution in [1.29, 1.82) is 0 Å². The van der Waals surface area contributed by atoms with Crippen molar-refractivity contribution in [3.63, 3.8) is 0 Å². The van der Waals surface area contributed by atoms with E-state index in [0.29, 0.717) is 5.56 Å². The summed E-state index contributed by atoms with van der Waals surface area (Å²) in [5.74, 6) is 0.808. The van der Waals surface area contributed by atoms with Gasteiger partial charge in [-0.1, -0.05) is 36.8 Å². The zero-order chi connectivity index (χ0) is 16.9. The van der Waals surface area contributed by atoms with Crippen LogP contribution in [-0.2, 0) is 6.54 Å². The molecule has 126 valence electrons. The van der Waals surface area contributed by atoms with Crippen LogP contribution in [0.25, 0.3) is 0 Å². The summed E-state index contributed by atoms with van der Waals surface area (Å²) < 4.78 is 0. The lowest BCUT2D eigenvalue weighted by Gasteiger charge is -2.30. The van der Waals surface area contributed by atoms with Crippen molar-refractivity contribution in [2.75, 3.05) is 18.4 Å². The molecule has 4 heteroatoms. The number of anilines is 1. The summed E-state index contributed by atoms with van der Waals surface area (Å²) in [6, 6.07) is 10.3. The average Bonchev–Trinajstić information content (AvgIpc) is 2.60. The highest BCUT2D eigenvalue weighted by Gasteiger charge is 2.21. The van der Waals surface area contributed by atoms with E-state index < -0.39 is 0 Å². The molecule has 0 atom stereocenters. The van der Waals surface area contributed by atoms with E-state index in [4.69, 9.17) is 0 Å². The first-order valence-corrected chi connectivity index (χ1v) is 8.65. The Labute approximate surface area is 143 Å². The average molecular weight is 323 g/mol. The van der Waals surface area contributed by atoms with E-state index in [0.717, 1.165) is 44.1 Å². The van der Waals surface area contributed by atoms with Crippen molar-refractivity contribution in [3.05, 3.63) is 59.4 Å². The Balaban J connectivity index is 1.64. The van der Waals surface area contributed by atoms with Crippen LogP contribution in [0.2, 0.25) is 0 Å². The van der Waals surface area contributed by atoms with Gasteiger partial charge in [-0.15, -0.1) is 0 Å². The number of pyridine rings is 1. The van der Waals surface area contributed by atoms with Gasteiger partial charge in [0, 0.05) is 32.0 Å². The first-order chi connectivity index (χ1) is 11.6. The summed E-state index contributed by atoms with van der Waals surface area (Å²) in [7, 11) is 0. The van der Waals surface area contributed by atoms with Gasteiger partial charge in [-0.3, -0.25) is 9.78 Å². The van der Waals surface area contributed by atoms with Crippen LogP contribution in [0.15, 0.2) is 42.7 Å². The number of benzene rings is 1. The summed E-state index contributed by atoms with van der Waals surface area (Å²) in [6.07, 6.45) is 5.61. The molecular weight excluding hydrogens is 298 g/mol. The van der Waals surface area contributed by atoms with Gasteiger partial charge in [-0.25, -0.2) is 0 Å². The predicted molar refractivity (Wildman–Crippen MR) is 97.0 cm³/mol. The molecule has 4 nitrogen and oxygen atoms in total. The van der Waals surface area contributed by atoms with Gasteiger partial charge in [-0.05, 0) is 37.3 Å². The minimum absolute atomic E-state index is 0.0913. The van der Waals surface area contributed by atoms with Crippen LogP contribution in [0, 0.1) is 12.8 Å². The second-order valence-electron chi connectivity index (χ2n) is 6.78. The van der Waals surface area contributed by atoms with Crippen molar-refractivity contribution in [2.24, 2.45) is 5.92 Å². The molecule has 0 aliphatic carbocycles. The van der Waals surface area contributed by atoms with Crippen LogP contribution in [0.4, 0.5) is 5.69 Å². The number of hydrogen-bond donors (Lipinski definition) is 1. The molecule has 1 aliphatic rings. The van der Waals surface area contributed by atoms with Gasteiger partial charge in [0.05, 0.1) is 11.3 Å². The molecule has 0 saturated carbocycles. The van der Waals surface area contributed by atoms with Gasteiger partial charge in [0.1, 0.15) is 0 Å².